The summed E-state index contributed by atoms with van der Waals surface area (Å²) in [7, 11) is 3.29. The molecule has 5 aromatic rings. The quantitative estimate of drug-likeness (QED) is 0.354. The van der Waals surface area contributed by atoms with E-state index >= 15 is 0 Å². The van der Waals surface area contributed by atoms with E-state index < -0.39 is 0 Å². The summed E-state index contributed by atoms with van der Waals surface area (Å²) >= 11 is 0. The van der Waals surface area contributed by atoms with Crippen LogP contribution >= 0.6 is 0 Å². The van der Waals surface area contributed by atoms with E-state index in [4.69, 9.17) is 19.4 Å². The van der Waals surface area contributed by atoms with Gasteiger partial charge >= 0.3 is 0 Å². The van der Waals surface area contributed by atoms with Gasteiger partial charge in [0.25, 0.3) is 0 Å². The molecule has 0 amide bonds. The molecular formula is C20H14N2O2. The Morgan fingerprint density at radius 1 is 0.667 bits per heavy atom. The summed E-state index contributed by atoms with van der Waals surface area (Å²) in [6, 6.07) is 16.4. The first-order valence-corrected chi connectivity index (χ1v) is 7.76. The minimum absolute atomic E-state index is 0.622. The third kappa shape index (κ3) is 1.62. The molecule has 0 fully saturated rings. The number of nitrogens with zero attached hydrogens (tertiary/aromatic N) is 2. The molecule has 0 atom stereocenters. The lowest BCUT2D eigenvalue weighted by molar-refractivity contribution is 0.400. The number of hydrogen-bond donors (Lipinski definition) is 0. The molecule has 0 aliphatic rings. The van der Waals surface area contributed by atoms with Crippen LogP contribution in [0.25, 0.3) is 43.4 Å². The molecule has 0 radical (unpaired) electrons. The number of hydrogen-bond acceptors (Lipinski definition) is 4. The molecule has 3 aromatic carbocycles. The standard InChI is InChI=1S/C20H14N2O2/c1-23-15-9-11-5-3-8-14-17(11)19(21-15)13-7-4-6-12-10-16(24-2)22-20(14)18(12)13/h3-10H,1-2H3. The molecule has 0 unspecified atom stereocenters. The Morgan fingerprint density at radius 2 is 1.12 bits per heavy atom. The van der Waals surface area contributed by atoms with Gasteiger partial charge in [-0.25, -0.2) is 9.97 Å². The molecule has 5 rings (SSSR count). The molecule has 0 saturated heterocycles. The molecule has 0 spiro atoms. The van der Waals surface area contributed by atoms with Crippen LogP contribution in [0.3, 0.4) is 0 Å². The molecule has 0 aliphatic carbocycles. The predicted molar refractivity (Wildman–Crippen MR) is 96.3 cm³/mol. The summed E-state index contributed by atoms with van der Waals surface area (Å²) in [6.07, 6.45) is 0. The van der Waals surface area contributed by atoms with Crippen LogP contribution in [0.5, 0.6) is 11.8 Å². The molecular weight excluding hydrogens is 300 g/mol. The number of aromatic nitrogens is 2. The second-order valence-electron chi connectivity index (χ2n) is 5.83. The molecule has 116 valence electrons. The van der Waals surface area contributed by atoms with Gasteiger partial charge in [-0.2, -0.15) is 0 Å². The van der Waals surface area contributed by atoms with Crippen LogP contribution in [0.15, 0.2) is 48.5 Å². The zero-order valence-corrected chi connectivity index (χ0v) is 13.3. The summed E-state index contributed by atoms with van der Waals surface area (Å²) < 4.78 is 10.8. The Balaban J connectivity index is 2.17. The SMILES string of the molecule is COc1cc2cccc3c4nc(OC)cc5cccc(c(n1)c23)c54. The summed E-state index contributed by atoms with van der Waals surface area (Å²) in [5.74, 6) is 1.24. The highest BCUT2D eigenvalue weighted by Gasteiger charge is 2.16. The van der Waals surface area contributed by atoms with Gasteiger partial charge in [0.05, 0.1) is 25.3 Å². The van der Waals surface area contributed by atoms with Crippen molar-refractivity contribution in [3.63, 3.8) is 0 Å². The van der Waals surface area contributed by atoms with Gasteiger partial charge in [-0.05, 0) is 10.8 Å². The molecule has 4 nitrogen and oxygen atoms in total. The van der Waals surface area contributed by atoms with E-state index in [9.17, 15) is 0 Å². The van der Waals surface area contributed by atoms with Crippen LogP contribution in [-0.4, -0.2) is 24.2 Å². The minimum atomic E-state index is 0.622. The molecule has 0 saturated carbocycles. The van der Waals surface area contributed by atoms with Crippen LogP contribution in [0.1, 0.15) is 0 Å². The van der Waals surface area contributed by atoms with E-state index in [0.29, 0.717) is 11.8 Å². The molecule has 24 heavy (non-hydrogen) atoms. The fourth-order valence-corrected chi connectivity index (χ4v) is 3.57. The zero-order valence-electron chi connectivity index (χ0n) is 13.3. The largest absolute Gasteiger partial charge is 0.481 e. The van der Waals surface area contributed by atoms with Gasteiger partial charge < -0.3 is 9.47 Å². The highest BCUT2D eigenvalue weighted by molar-refractivity contribution is 6.31. The van der Waals surface area contributed by atoms with Gasteiger partial charge in [-0.3, -0.25) is 0 Å². The third-order valence-corrected chi connectivity index (χ3v) is 4.60. The molecule has 2 aromatic heterocycles. The number of fused-ring (bicyclic) bond motifs is 2. The van der Waals surface area contributed by atoms with Gasteiger partial charge in [0.15, 0.2) is 0 Å². The van der Waals surface area contributed by atoms with Crippen molar-refractivity contribution >= 4 is 43.4 Å². The maximum atomic E-state index is 5.40. The Labute approximate surface area is 138 Å². The molecule has 0 aliphatic heterocycles. The van der Waals surface area contributed by atoms with Crippen molar-refractivity contribution < 1.29 is 9.47 Å². The van der Waals surface area contributed by atoms with Crippen molar-refractivity contribution in [3.05, 3.63) is 48.5 Å². The minimum Gasteiger partial charge on any atom is -0.481 e. The second kappa shape index (κ2) is 4.68. The van der Waals surface area contributed by atoms with Crippen LogP contribution in [0.4, 0.5) is 0 Å². The third-order valence-electron chi connectivity index (χ3n) is 4.60. The van der Waals surface area contributed by atoms with Crippen molar-refractivity contribution in [2.75, 3.05) is 14.2 Å². The average Bonchev–Trinajstić information content (AvgIpc) is 2.64. The van der Waals surface area contributed by atoms with Gasteiger partial charge in [0.2, 0.25) is 11.8 Å². The lowest BCUT2D eigenvalue weighted by Crippen LogP contribution is -1.95. The summed E-state index contributed by atoms with van der Waals surface area (Å²) in [5, 5.41) is 6.59. The van der Waals surface area contributed by atoms with E-state index in [-0.39, 0.29) is 0 Å². The monoisotopic (exact) mass is 314 g/mol. The number of ether oxygens (including phenoxy) is 2. The highest BCUT2D eigenvalue weighted by atomic mass is 16.5. The van der Waals surface area contributed by atoms with Gasteiger partial charge in [0, 0.05) is 33.7 Å². The van der Waals surface area contributed by atoms with E-state index in [0.717, 1.165) is 43.4 Å². The number of methoxy groups -OCH3 is 2. The highest BCUT2D eigenvalue weighted by Crippen LogP contribution is 2.40. The first-order valence-electron chi connectivity index (χ1n) is 7.76. The van der Waals surface area contributed by atoms with E-state index in [1.807, 2.05) is 24.3 Å². The molecule has 4 heteroatoms. The average molecular weight is 314 g/mol. The second-order valence-corrected chi connectivity index (χ2v) is 5.83. The van der Waals surface area contributed by atoms with Crippen molar-refractivity contribution in [3.8, 4) is 11.8 Å². The normalized spacial score (nSPS) is 11.8. The lowest BCUT2D eigenvalue weighted by atomic mass is 9.95. The van der Waals surface area contributed by atoms with Crippen LogP contribution in [0.2, 0.25) is 0 Å². The predicted octanol–water partition coefficient (Wildman–Crippen LogP) is 4.54. The topological polar surface area (TPSA) is 44.2 Å². The van der Waals surface area contributed by atoms with Gasteiger partial charge in [-0.1, -0.05) is 36.4 Å². The fraction of sp³-hybridized carbons (Fsp3) is 0.100. The number of benzene rings is 3. The Hall–Kier alpha value is -3.14. The van der Waals surface area contributed by atoms with E-state index in [1.165, 1.54) is 0 Å². The Kier molecular flexibility index (Phi) is 2.59. The number of rotatable bonds is 2. The van der Waals surface area contributed by atoms with Crippen molar-refractivity contribution in [2.45, 2.75) is 0 Å². The van der Waals surface area contributed by atoms with Gasteiger partial charge in [0.1, 0.15) is 0 Å². The van der Waals surface area contributed by atoms with E-state index in [1.54, 1.807) is 14.2 Å². The Bertz CT molecular complexity index is 1130. The molecule has 2 heterocycles. The summed E-state index contributed by atoms with van der Waals surface area (Å²) in [4.78, 5) is 9.47. The van der Waals surface area contributed by atoms with Gasteiger partial charge in [-0.15, -0.1) is 0 Å². The summed E-state index contributed by atoms with van der Waals surface area (Å²) in [6.45, 7) is 0. The van der Waals surface area contributed by atoms with Crippen LogP contribution in [0, 0.1) is 0 Å². The van der Waals surface area contributed by atoms with Crippen LogP contribution in [-0.2, 0) is 0 Å². The first-order chi connectivity index (χ1) is 11.8. The zero-order chi connectivity index (χ0) is 16.3. The fourth-order valence-electron chi connectivity index (χ4n) is 3.57. The molecule has 0 bridgehead atoms. The number of pyridine rings is 2. The summed E-state index contributed by atoms with van der Waals surface area (Å²) in [5.41, 5.74) is 1.90. The smallest absolute Gasteiger partial charge is 0.214 e. The van der Waals surface area contributed by atoms with Crippen LogP contribution < -0.4 is 9.47 Å². The first kappa shape index (κ1) is 13.3. The van der Waals surface area contributed by atoms with Crippen molar-refractivity contribution in [1.82, 2.24) is 9.97 Å². The van der Waals surface area contributed by atoms with E-state index in [2.05, 4.69) is 24.3 Å². The lowest BCUT2D eigenvalue weighted by Gasteiger charge is -2.14. The Morgan fingerprint density at radius 3 is 1.54 bits per heavy atom. The van der Waals surface area contributed by atoms with Crippen molar-refractivity contribution in [2.24, 2.45) is 0 Å². The molecule has 0 N–H and O–H groups in total. The maximum absolute atomic E-state index is 5.40. The maximum Gasteiger partial charge on any atom is 0.214 e. The van der Waals surface area contributed by atoms with Crippen molar-refractivity contribution in [1.29, 1.82) is 0 Å².